The summed E-state index contributed by atoms with van der Waals surface area (Å²) in [5, 5.41) is 13.5. The fourth-order valence-electron chi connectivity index (χ4n) is 2.66. The summed E-state index contributed by atoms with van der Waals surface area (Å²) >= 11 is 3.53. The van der Waals surface area contributed by atoms with E-state index in [1.54, 1.807) is 23.1 Å². The van der Waals surface area contributed by atoms with Gasteiger partial charge in [0.15, 0.2) is 4.34 Å². The standard InChI is InChI=1S/C16H22N2OS2/c1-2-9-17-16(10-19,12-7-8-12)11-20-15-18-13-5-3-4-6-14(13)21-15/h3-6,12,17,19H,2,7-11H2,1H3. The van der Waals surface area contributed by atoms with Crippen molar-refractivity contribution in [2.24, 2.45) is 5.92 Å². The molecule has 21 heavy (non-hydrogen) atoms. The van der Waals surface area contributed by atoms with Crippen LogP contribution in [0.1, 0.15) is 26.2 Å². The molecule has 0 radical (unpaired) electrons. The highest BCUT2D eigenvalue weighted by Crippen LogP contribution is 2.43. The summed E-state index contributed by atoms with van der Waals surface area (Å²) < 4.78 is 2.34. The van der Waals surface area contributed by atoms with E-state index in [2.05, 4.69) is 35.4 Å². The van der Waals surface area contributed by atoms with Gasteiger partial charge in [0.2, 0.25) is 0 Å². The number of hydrogen-bond acceptors (Lipinski definition) is 5. The van der Waals surface area contributed by atoms with Crippen LogP contribution in [-0.2, 0) is 0 Å². The molecule has 114 valence electrons. The van der Waals surface area contributed by atoms with Crippen LogP contribution in [-0.4, -0.2) is 34.5 Å². The fourth-order valence-corrected chi connectivity index (χ4v) is 5.01. The van der Waals surface area contributed by atoms with Crippen molar-refractivity contribution < 1.29 is 5.11 Å². The SMILES string of the molecule is CCCNC(CO)(CSc1nc2ccccc2s1)C1CC1. The number of aliphatic hydroxyl groups excluding tert-OH is 1. The van der Waals surface area contributed by atoms with Crippen LogP contribution in [0.3, 0.4) is 0 Å². The van der Waals surface area contributed by atoms with E-state index < -0.39 is 0 Å². The van der Waals surface area contributed by atoms with Gasteiger partial charge in [-0.15, -0.1) is 11.3 Å². The molecule has 1 aromatic heterocycles. The van der Waals surface area contributed by atoms with Crippen molar-refractivity contribution in [2.45, 2.75) is 36.1 Å². The van der Waals surface area contributed by atoms with Gasteiger partial charge in [-0.05, 0) is 43.9 Å². The maximum Gasteiger partial charge on any atom is 0.151 e. The number of thioether (sulfide) groups is 1. The lowest BCUT2D eigenvalue weighted by Crippen LogP contribution is -2.53. The number of hydrogen-bond donors (Lipinski definition) is 2. The Kier molecular flexibility index (Phi) is 4.84. The largest absolute Gasteiger partial charge is 0.394 e. The van der Waals surface area contributed by atoms with Gasteiger partial charge < -0.3 is 10.4 Å². The highest BCUT2D eigenvalue weighted by atomic mass is 32.2. The number of fused-ring (bicyclic) bond motifs is 1. The van der Waals surface area contributed by atoms with Crippen LogP contribution in [0.25, 0.3) is 10.2 Å². The number of thiazole rings is 1. The molecule has 1 saturated carbocycles. The second-order valence-corrected chi connectivity index (χ2v) is 8.00. The van der Waals surface area contributed by atoms with Gasteiger partial charge in [-0.1, -0.05) is 30.8 Å². The van der Waals surface area contributed by atoms with E-state index in [1.165, 1.54) is 17.5 Å². The van der Waals surface area contributed by atoms with Gasteiger partial charge in [0.25, 0.3) is 0 Å². The first-order chi connectivity index (χ1) is 10.3. The Morgan fingerprint density at radius 3 is 2.90 bits per heavy atom. The summed E-state index contributed by atoms with van der Waals surface area (Å²) in [6, 6.07) is 8.26. The molecule has 1 aliphatic rings. The van der Waals surface area contributed by atoms with E-state index in [0.717, 1.165) is 28.6 Å². The molecule has 1 fully saturated rings. The molecule has 5 heteroatoms. The van der Waals surface area contributed by atoms with E-state index in [1.807, 2.05) is 6.07 Å². The third-order valence-electron chi connectivity index (χ3n) is 4.10. The Bertz CT molecular complexity index is 564. The molecular formula is C16H22N2OS2. The maximum atomic E-state index is 9.94. The van der Waals surface area contributed by atoms with Gasteiger partial charge in [-0.25, -0.2) is 4.98 Å². The van der Waals surface area contributed by atoms with E-state index >= 15 is 0 Å². The average molecular weight is 322 g/mol. The lowest BCUT2D eigenvalue weighted by Gasteiger charge is -2.33. The summed E-state index contributed by atoms with van der Waals surface area (Å²) in [5.41, 5.74) is 0.950. The first-order valence-electron chi connectivity index (χ1n) is 7.61. The van der Waals surface area contributed by atoms with Crippen molar-refractivity contribution in [3.05, 3.63) is 24.3 Å². The zero-order valence-corrected chi connectivity index (χ0v) is 14.0. The molecule has 1 heterocycles. The molecule has 0 aliphatic heterocycles. The van der Waals surface area contributed by atoms with Crippen molar-refractivity contribution in [1.82, 2.24) is 10.3 Å². The van der Waals surface area contributed by atoms with Gasteiger partial charge in [0, 0.05) is 5.75 Å². The molecule has 0 saturated heterocycles. The van der Waals surface area contributed by atoms with Gasteiger partial charge >= 0.3 is 0 Å². The molecule has 0 bridgehead atoms. The quantitative estimate of drug-likeness (QED) is 0.730. The zero-order chi connectivity index (χ0) is 14.7. The maximum absolute atomic E-state index is 9.94. The summed E-state index contributed by atoms with van der Waals surface area (Å²) in [6.07, 6.45) is 3.57. The minimum Gasteiger partial charge on any atom is -0.394 e. The molecule has 2 N–H and O–H groups in total. The van der Waals surface area contributed by atoms with Gasteiger partial charge in [0.05, 0.1) is 22.4 Å². The van der Waals surface area contributed by atoms with Crippen molar-refractivity contribution >= 4 is 33.3 Å². The molecule has 1 aliphatic carbocycles. The summed E-state index contributed by atoms with van der Waals surface area (Å²) in [4.78, 5) is 4.68. The van der Waals surface area contributed by atoms with Crippen molar-refractivity contribution in [1.29, 1.82) is 0 Å². The average Bonchev–Trinajstić information content (AvgIpc) is 3.28. The van der Waals surface area contributed by atoms with E-state index in [4.69, 9.17) is 0 Å². The fraction of sp³-hybridized carbons (Fsp3) is 0.562. The molecule has 3 nitrogen and oxygen atoms in total. The Morgan fingerprint density at radius 2 is 2.24 bits per heavy atom. The number of para-hydroxylation sites is 1. The van der Waals surface area contributed by atoms with E-state index in [9.17, 15) is 5.11 Å². The number of nitrogens with one attached hydrogen (secondary N) is 1. The normalized spacial score (nSPS) is 18.0. The van der Waals surface area contributed by atoms with Crippen LogP contribution in [0, 0.1) is 5.92 Å². The van der Waals surface area contributed by atoms with Crippen LogP contribution in [0.5, 0.6) is 0 Å². The number of rotatable bonds is 8. The van der Waals surface area contributed by atoms with Crippen molar-refractivity contribution in [3.63, 3.8) is 0 Å². The third-order valence-corrected chi connectivity index (χ3v) is 6.53. The zero-order valence-electron chi connectivity index (χ0n) is 12.3. The summed E-state index contributed by atoms with van der Waals surface area (Å²) in [6.45, 7) is 3.36. The third kappa shape index (κ3) is 3.42. The van der Waals surface area contributed by atoms with Crippen LogP contribution >= 0.6 is 23.1 Å². The van der Waals surface area contributed by atoms with Gasteiger partial charge in [0.1, 0.15) is 0 Å². The van der Waals surface area contributed by atoms with Crippen LogP contribution < -0.4 is 5.32 Å². The number of aromatic nitrogens is 1. The Balaban J connectivity index is 1.70. The molecule has 1 aromatic carbocycles. The number of benzene rings is 1. The summed E-state index contributed by atoms with van der Waals surface area (Å²) in [5.74, 6) is 1.52. The highest BCUT2D eigenvalue weighted by Gasteiger charge is 2.44. The molecule has 2 aromatic rings. The summed E-state index contributed by atoms with van der Waals surface area (Å²) in [7, 11) is 0. The van der Waals surface area contributed by atoms with E-state index in [-0.39, 0.29) is 12.1 Å². The topological polar surface area (TPSA) is 45.1 Å². The van der Waals surface area contributed by atoms with Crippen LogP contribution in [0.15, 0.2) is 28.6 Å². The smallest absolute Gasteiger partial charge is 0.151 e. The number of nitrogens with zero attached hydrogens (tertiary/aromatic N) is 1. The van der Waals surface area contributed by atoms with Crippen molar-refractivity contribution in [2.75, 3.05) is 18.9 Å². The highest BCUT2D eigenvalue weighted by molar-refractivity contribution is 8.01. The molecule has 0 amide bonds. The predicted molar refractivity (Wildman–Crippen MR) is 91.2 cm³/mol. The van der Waals surface area contributed by atoms with Crippen molar-refractivity contribution in [3.8, 4) is 0 Å². The first-order valence-corrected chi connectivity index (χ1v) is 9.42. The first kappa shape index (κ1) is 15.3. The number of aliphatic hydroxyl groups is 1. The monoisotopic (exact) mass is 322 g/mol. The lowest BCUT2D eigenvalue weighted by molar-refractivity contribution is 0.159. The Labute approximate surface area is 134 Å². The predicted octanol–water partition coefficient (Wildman–Crippen LogP) is 3.53. The van der Waals surface area contributed by atoms with E-state index in [0.29, 0.717) is 5.92 Å². The molecule has 1 unspecified atom stereocenters. The lowest BCUT2D eigenvalue weighted by atomic mass is 9.96. The molecule has 3 rings (SSSR count). The minimum absolute atomic E-state index is 0.126. The van der Waals surface area contributed by atoms with Gasteiger partial charge in [-0.3, -0.25) is 0 Å². The van der Waals surface area contributed by atoms with Gasteiger partial charge in [-0.2, -0.15) is 0 Å². The minimum atomic E-state index is -0.126. The van der Waals surface area contributed by atoms with Crippen LogP contribution in [0.4, 0.5) is 0 Å². The molecule has 1 atom stereocenters. The second kappa shape index (κ2) is 6.65. The Morgan fingerprint density at radius 1 is 1.43 bits per heavy atom. The van der Waals surface area contributed by atoms with Crippen LogP contribution in [0.2, 0.25) is 0 Å². The molecular weight excluding hydrogens is 300 g/mol. The second-order valence-electron chi connectivity index (χ2n) is 5.75. The Hall–Kier alpha value is -0.620. The molecule has 0 spiro atoms.